The average Bonchev–Trinajstić information content (AvgIpc) is 2.93. The monoisotopic (exact) mass is 433 g/mol. The quantitative estimate of drug-likeness (QED) is 0.411. The van der Waals surface area contributed by atoms with Gasteiger partial charge >= 0.3 is 5.97 Å². The Labute approximate surface area is 181 Å². The summed E-state index contributed by atoms with van der Waals surface area (Å²) >= 11 is 6.27. The van der Waals surface area contributed by atoms with Crippen molar-refractivity contribution in [2.75, 3.05) is 7.11 Å². The van der Waals surface area contributed by atoms with E-state index in [0.29, 0.717) is 16.3 Å². The number of rotatable bonds is 6. The molecule has 2 N–H and O–H groups in total. The second kappa shape index (κ2) is 10.1. The Morgan fingerprint density at radius 3 is 2.63 bits per heavy atom. The SMILES string of the molecule is COC(=O)Cn1nc(-c2ccc(Cl)c(C(=O)NC(O)C3CCCCCC3)c2)cc1C. The molecule has 7 nitrogen and oxygen atoms in total. The smallest absolute Gasteiger partial charge is 0.327 e. The molecule has 1 aromatic carbocycles. The molecule has 1 aliphatic carbocycles. The van der Waals surface area contributed by atoms with Gasteiger partial charge in [-0.15, -0.1) is 0 Å². The molecule has 3 rings (SSSR count). The van der Waals surface area contributed by atoms with Crippen molar-refractivity contribution in [2.45, 2.75) is 58.2 Å². The second-order valence-corrected chi connectivity index (χ2v) is 8.18. The molecule has 2 aromatic rings. The van der Waals surface area contributed by atoms with Gasteiger partial charge in [-0.25, -0.2) is 0 Å². The fourth-order valence-corrected chi connectivity index (χ4v) is 4.02. The first-order valence-electron chi connectivity index (χ1n) is 10.3. The van der Waals surface area contributed by atoms with Crippen LogP contribution in [0.15, 0.2) is 24.3 Å². The Bertz CT molecular complexity index is 904. The first-order chi connectivity index (χ1) is 14.4. The number of benzene rings is 1. The van der Waals surface area contributed by atoms with E-state index in [9.17, 15) is 14.7 Å². The number of methoxy groups -OCH3 is 1. The zero-order valence-corrected chi connectivity index (χ0v) is 18.1. The van der Waals surface area contributed by atoms with Crippen molar-refractivity contribution in [1.82, 2.24) is 15.1 Å². The van der Waals surface area contributed by atoms with Gasteiger partial charge in [0.1, 0.15) is 12.8 Å². The van der Waals surface area contributed by atoms with Crippen molar-refractivity contribution in [3.63, 3.8) is 0 Å². The van der Waals surface area contributed by atoms with Crippen LogP contribution >= 0.6 is 11.6 Å². The average molecular weight is 434 g/mol. The molecule has 1 atom stereocenters. The summed E-state index contributed by atoms with van der Waals surface area (Å²) in [6.07, 6.45) is 5.41. The predicted octanol–water partition coefficient (Wildman–Crippen LogP) is 3.70. The molecule has 0 spiro atoms. The number of esters is 1. The number of aryl methyl sites for hydroxylation is 1. The third-order valence-corrected chi connectivity index (χ3v) is 5.95. The van der Waals surface area contributed by atoms with Crippen LogP contribution in [0.3, 0.4) is 0 Å². The number of carbonyl (C=O) groups excluding carboxylic acids is 2. The Balaban J connectivity index is 1.77. The Hall–Kier alpha value is -2.38. The standard InChI is InChI=1S/C22H28ClN3O4/c1-14-11-19(25-26(14)13-20(27)30-2)16-9-10-18(23)17(12-16)22(29)24-21(28)15-7-5-3-4-6-8-15/h9-12,15,21,28H,3-8,13H2,1-2H3,(H,24,29). The predicted molar refractivity (Wildman–Crippen MR) is 114 cm³/mol. The van der Waals surface area contributed by atoms with Crippen molar-refractivity contribution >= 4 is 23.5 Å². The van der Waals surface area contributed by atoms with Gasteiger partial charge in [-0.1, -0.05) is 43.4 Å². The highest BCUT2D eigenvalue weighted by molar-refractivity contribution is 6.34. The molecule has 1 fully saturated rings. The number of ether oxygens (including phenoxy) is 1. The number of nitrogens with zero attached hydrogens (tertiary/aromatic N) is 2. The number of aliphatic hydroxyl groups excluding tert-OH is 1. The van der Waals surface area contributed by atoms with E-state index >= 15 is 0 Å². The number of halogens is 1. The van der Waals surface area contributed by atoms with E-state index in [1.165, 1.54) is 20.0 Å². The van der Waals surface area contributed by atoms with Gasteiger partial charge in [0, 0.05) is 17.2 Å². The summed E-state index contributed by atoms with van der Waals surface area (Å²) in [5, 5.41) is 18.0. The third-order valence-electron chi connectivity index (χ3n) is 5.62. The minimum Gasteiger partial charge on any atom is -0.468 e. The summed E-state index contributed by atoms with van der Waals surface area (Å²) in [6.45, 7) is 1.85. The first kappa shape index (κ1) is 22.3. The van der Waals surface area contributed by atoms with Crippen molar-refractivity contribution < 1.29 is 19.4 Å². The summed E-state index contributed by atoms with van der Waals surface area (Å²) < 4.78 is 6.24. The van der Waals surface area contributed by atoms with Gasteiger partial charge in [-0.3, -0.25) is 14.3 Å². The Kier molecular flexibility index (Phi) is 7.50. The second-order valence-electron chi connectivity index (χ2n) is 7.77. The van der Waals surface area contributed by atoms with Crippen LogP contribution in [-0.4, -0.2) is 40.1 Å². The van der Waals surface area contributed by atoms with Crippen LogP contribution < -0.4 is 5.32 Å². The summed E-state index contributed by atoms with van der Waals surface area (Å²) in [5.41, 5.74) is 2.38. The van der Waals surface area contributed by atoms with E-state index in [1.807, 2.05) is 13.0 Å². The van der Waals surface area contributed by atoms with Gasteiger partial charge < -0.3 is 15.2 Å². The van der Waals surface area contributed by atoms with Crippen LogP contribution in [-0.2, 0) is 16.1 Å². The van der Waals surface area contributed by atoms with Crippen molar-refractivity contribution in [3.05, 3.63) is 40.5 Å². The van der Waals surface area contributed by atoms with Crippen molar-refractivity contribution in [3.8, 4) is 11.3 Å². The fourth-order valence-electron chi connectivity index (χ4n) is 3.81. The van der Waals surface area contributed by atoms with Crippen LogP contribution in [0.5, 0.6) is 0 Å². The Morgan fingerprint density at radius 2 is 1.97 bits per heavy atom. The molecule has 0 saturated heterocycles. The molecule has 1 amide bonds. The maximum absolute atomic E-state index is 12.8. The number of hydrogen-bond donors (Lipinski definition) is 2. The van der Waals surface area contributed by atoms with Gasteiger partial charge in [-0.2, -0.15) is 5.10 Å². The van der Waals surface area contributed by atoms with Gasteiger partial charge in [0.2, 0.25) is 0 Å². The number of carbonyl (C=O) groups is 2. The third kappa shape index (κ3) is 5.40. The largest absolute Gasteiger partial charge is 0.468 e. The minimum absolute atomic E-state index is 0.0108. The van der Waals surface area contributed by atoms with Crippen LogP contribution in [0.25, 0.3) is 11.3 Å². The molecule has 1 aromatic heterocycles. The van der Waals surface area contributed by atoms with Crippen LogP contribution in [0.2, 0.25) is 5.02 Å². The van der Waals surface area contributed by atoms with E-state index < -0.39 is 18.1 Å². The van der Waals surface area contributed by atoms with Gasteiger partial charge in [0.25, 0.3) is 5.91 Å². The van der Waals surface area contributed by atoms with Gasteiger partial charge in [0.05, 0.1) is 23.4 Å². The minimum atomic E-state index is -0.892. The van der Waals surface area contributed by atoms with Crippen LogP contribution in [0.1, 0.15) is 54.6 Å². The highest BCUT2D eigenvalue weighted by atomic mass is 35.5. The number of aromatic nitrogens is 2. The van der Waals surface area contributed by atoms with Crippen LogP contribution in [0.4, 0.5) is 0 Å². The normalized spacial score (nSPS) is 16.0. The number of aliphatic hydroxyl groups is 1. The molecule has 1 heterocycles. The summed E-state index contributed by atoms with van der Waals surface area (Å²) in [6, 6.07) is 6.89. The fraction of sp³-hybridized carbons (Fsp3) is 0.500. The molecular formula is C22H28ClN3O4. The summed E-state index contributed by atoms with van der Waals surface area (Å²) in [5.74, 6) is -0.740. The number of amides is 1. The van der Waals surface area contributed by atoms with E-state index in [1.54, 1.807) is 22.9 Å². The molecule has 0 aliphatic heterocycles. The molecule has 30 heavy (non-hydrogen) atoms. The maximum Gasteiger partial charge on any atom is 0.327 e. The summed E-state index contributed by atoms with van der Waals surface area (Å²) in [4.78, 5) is 24.3. The zero-order valence-electron chi connectivity index (χ0n) is 17.4. The molecule has 1 aliphatic rings. The molecular weight excluding hydrogens is 406 g/mol. The van der Waals surface area contributed by atoms with E-state index in [4.69, 9.17) is 16.3 Å². The molecule has 0 bridgehead atoms. The van der Waals surface area contributed by atoms with Crippen molar-refractivity contribution in [1.29, 1.82) is 0 Å². The molecule has 8 heteroatoms. The molecule has 162 valence electrons. The highest BCUT2D eigenvalue weighted by Crippen LogP contribution is 2.27. The van der Waals surface area contributed by atoms with E-state index in [2.05, 4.69) is 10.4 Å². The lowest BCUT2D eigenvalue weighted by molar-refractivity contribution is -0.141. The lowest BCUT2D eigenvalue weighted by atomic mass is 9.98. The van der Waals surface area contributed by atoms with E-state index in [-0.39, 0.29) is 18.0 Å². The van der Waals surface area contributed by atoms with Crippen LogP contribution in [0, 0.1) is 12.8 Å². The van der Waals surface area contributed by atoms with Gasteiger partial charge in [-0.05, 0) is 38.0 Å². The number of nitrogens with one attached hydrogen (secondary N) is 1. The lowest BCUT2D eigenvalue weighted by Gasteiger charge is -2.22. The molecule has 1 unspecified atom stereocenters. The number of hydrogen-bond acceptors (Lipinski definition) is 5. The maximum atomic E-state index is 12.8. The zero-order chi connectivity index (χ0) is 21.7. The Morgan fingerprint density at radius 1 is 1.27 bits per heavy atom. The molecule has 1 saturated carbocycles. The highest BCUT2D eigenvalue weighted by Gasteiger charge is 2.24. The van der Waals surface area contributed by atoms with E-state index in [0.717, 1.165) is 31.4 Å². The van der Waals surface area contributed by atoms with Crippen molar-refractivity contribution in [2.24, 2.45) is 5.92 Å². The first-order valence-corrected chi connectivity index (χ1v) is 10.7. The lowest BCUT2D eigenvalue weighted by Crippen LogP contribution is -2.40. The summed E-state index contributed by atoms with van der Waals surface area (Å²) in [7, 11) is 1.33. The topological polar surface area (TPSA) is 93.5 Å². The molecule has 0 radical (unpaired) electrons. The van der Waals surface area contributed by atoms with Gasteiger partial charge in [0.15, 0.2) is 0 Å².